The Morgan fingerprint density at radius 3 is 1.74 bits per heavy atom. The number of aromatic nitrogens is 1. The first-order valence-electron chi connectivity index (χ1n) is 14.7. The van der Waals surface area contributed by atoms with E-state index in [0.717, 1.165) is 17.1 Å². The summed E-state index contributed by atoms with van der Waals surface area (Å²) in [5, 5.41) is 6.20. The SMILES string of the molecule is C1=CC(c2cccc(-c3ccc(-c4ccccc4)cc3)c2)NC(c2ccc(-n3c4ccccc4c4ccccc43)cc2)=N1. The normalized spacial score (nSPS) is 14.5. The fourth-order valence-corrected chi connectivity index (χ4v) is 6.16. The van der Waals surface area contributed by atoms with E-state index in [2.05, 4.69) is 168 Å². The van der Waals surface area contributed by atoms with Gasteiger partial charge in [-0.05, 0) is 76.4 Å². The van der Waals surface area contributed by atoms with Crippen molar-refractivity contribution in [3.05, 3.63) is 175 Å². The average molecular weight is 552 g/mol. The number of benzene rings is 6. The van der Waals surface area contributed by atoms with Crippen LogP contribution in [0, 0.1) is 0 Å². The number of hydrogen-bond acceptors (Lipinski definition) is 2. The Hall–Kier alpha value is -5.67. The van der Waals surface area contributed by atoms with Crippen molar-refractivity contribution in [2.75, 3.05) is 0 Å². The summed E-state index contributed by atoms with van der Waals surface area (Å²) in [5.41, 5.74) is 10.7. The van der Waals surface area contributed by atoms with Crippen LogP contribution in [0.5, 0.6) is 0 Å². The van der Waals surface area contributed by atoms with E-state index in [0.29, 0.717) is 0 Å². The van der Waals surface area contributed by atoms with E-state index in [-0.39, 0.29) is 6.04 Å². The number of nitrogens with one attached hydrogen (secondary N) is 1. The summed E-state index contributed by atoms with van der Waals surface area (Å²) in [4.78, 5) is 4.70. The number of hydrogen-bond donors (Lipinski definition) is 1. The molecule has 204 valence electrons. The van der Waals surface area contributed by atoms with Gasteiger partial charge in [0.1, 0.15) is 5.84 Å². The first kappa shape index (κ1) is 25.1. The fourth-order valence-electron chi connectivity index (χ4n) is 6.16. The summed E-state index contributed by atoms with van der Waals surface area (Å²) in [6, 6.07) is 54.0. The highest BCUT2D eigenvalue weighted by Crippen LogP contribution is 2.32. The molecule has 0 bridgehead atoms. The molecule has 0 saturated carbocycles. The summed E-state index contributed by atoms with van der Waals surface area (Å²) < 4.78 is 2.34. The molecule has 1 N–H and O–H groups in total. The van der Waals surface area contributed by atoms with Crippen LogP contribution < -0.4 is 5.32 Å². The van der Waals surface area contributed by atoms with Crippen LogP contribution in [0.25, 0.3) is 49.7 Å². The lowest BCUT2D eigenvalue weighted by Crippen LogP contribution is -2.30. The summed E-state index contributed by atoms with van der Waals surface area (Å²) >= 11 is 0. The van der Waals surface area contributed by atoms with Crippen LogP contribution in [-0.4, -0.2) is 10.4 Å². The van der Waals surface area contributed by atoms with E-state index in [1.807, 2.05) is 6.20 Å². The number of aliphatic imine (C=N–C) groups is 1. The van der Waals surface area contributed by atoms with Crippen molar-refractivity contribution in [2.24, 2.45) is 4.99 Å². The minimum atomic E-state index is 0.0352. The van der Waals surface area contributed by atoms with Crippen LogP contribution in [0.15, 0.2) is 169 Å². The minimum Gasteiger partial charge on any atom is -0.359 e. The van der Waals surface area contributed by atoms with Gasteiger partial charge in [0.25, 0.3) is 0 Å². The van der Waals surface area contributed by atoms with Crippen molar-refractivity contribution in [3.8, 4) is 27.9 Å². The first-order valence-corrected chi connectivity index (χ1v) is 14.7. The highest BCUT2D eigenvalue weighted by molar-refractivity contribution is 6.09. The highest BCUT2D eigenvalue weighted by atomic mass is 15.0. The average Bonchev–Trinajstić information content (AvgIpc) is 3.43. The number of fused-ring (bicyclic) bond motifs is 3. The van der Waals surface area contributed by atoms with Gasteiger partial charge in [0.15, 0.2) is 0 Å². The molecule has 1 atom stereocenters. The molecule has 6 aromatic carbocycles. The smallest absolute Gasteiger partial charge is 0.133 e. The van der Waals surface area contributed by atoms with Gasteiger partial charge >= 0.3 is 0 Å². The Kier molecular flexibility index (Phi) is 6.20. The van der Waals surface area contributed by atoms with E-state index < -0.39 is 0 Å². The molecule has 3 heteroatoms. The maximum atomic E-state index is 4.70. The Labute approximate surface area is 251 Å². The maximum Gasteiger partial charge on any atom is 0.133 e. The zero-order valence-corrected chi connectivity index (χ0v) is 23.6. The van der Waals surface area contributed by atoms with Crippen molar-refractivity contribution in [1.82, 2.24) is 9.88 Å². The summed E-state index contributed by atoms with van der Waals surface area (Å²) in [6.45, 7) is 0. The Morgan fingerprint density at radius 1 is 0.488 bits per heavy atom. The first-order chi connectivity index (χ1) is 21.3. The van der Waals surface area contributed by atoms with Crippen LogP contribution in [0.4, 0.5) is 0 Å². The lowest BCUT2D eigenvalue weighted by atomic mass is 9.97. The Bertz CT molecular complexity index is 2080. The van der Waals surface area contributed by atoms with E-state index in [1.165, 1.54) is 49.6 Å². The van der Waals surface area contributed by atoms with E-state index >= 15 is 0 Å². The third-order valence-electron chi connectivity index (χ3n) is 8.32. The number of amidine groups is 1. The van der Waals surface area contributed by atoms with E-state index in [9.17, 15) is 0 Å². The summed E-state index contributed by atoms with van der Waals surface area (Å²) in [7, 11) is 0. The number of para-hydroxylation sites is 2. The minimum absolute atomic E-state index is 0.0352. The van der Waals surface area contributed by atoms with Crippen LogP contribution in [0.1, 0.15) is 17.2 Å². The predicted octanol–water partition coefficient (Wildman–Crippen LogP) is 9.72. The van der Waals surface area contributed by atoms with Gasteiger partial charge in [0, 0.05) is 28.2 Å². The van der Waals surface area contributed by atoms with Gasteiger partial charge in [-0.15, -0.1) is 0 Å². The molecule has 0 spiro atoms. The number of nitrogens with zero attached hydrogens (tertiary/aromatic N) is 2. The molecule has 3 nitrogen and oxygen atoms in total. The molecule has 2 heterocycles. The molecule has 1 aliphatic heterocycles. The fraction of sp³-hybridized carbons (Fsp3) is 0.0250. The highest BCUT2D eigenvalue weighted by Gasteiger charge is 2.17. The lowest BCUT2D eigenvalue weighted by Gasteiger charge is -2.22. The molecule has 0 radical (unpaired) electrons. The molecular weight excluding hydrogens is 522 g/mol. The van der Waals surface area contributed by atoms with Gasteiger partial charge in [-0.25, -0.2) is 4.99 Å². The second-order valence-corrected chi connectivity index (χ2v) is 10.9. The maximum absolute atomic E-state index is 4.70. The molecule has 0 fully saturated rings. The Balaban J connectivity index is 1.04. The zero-order valence-electron chi connectivity index (χ0n) is 23.6. The quantitative estimate of drug-likeness (QED) is 0.227. The van der Waals surface area contributed by atoms with Gasteiger partial charge < -0.3 is 9.88 Å². The van der Waals surface area contributed by atoms with Crippen LogP contribution in [-0.2, 0) is 0 Å². The zero-order chi connectivity index (χ0) is 28.6. The van der Waals surface area contributed by atoms with Crippen molar-refractivity contribution in [1.29, 1.82) is 0 Å². The van der Waals surface area contributed by atoms with Crippen LogP contribution in [0.2, 0.25) is 0 Å². The predicted molar refractivity (Wildman–Crippen MR) is 180 cm³/mol. The van der Waals surface area contributed by atoms with Crippen LogP contribution in [0.3, 0.4) is 0 Å². The molecule has 1 unspecified atom stereocenters. The van der Waals surface area contributed by atoms with Gasteiger partial charge in [-0.3, -0.25) is 0 Å². The molecule has 43 heavy (non-hydrogen) atoms. The third kappa shape index (κ3) is 4.61. The second kappa shape index (κ2) is 10.6. The lowest BCUT2D eigenvalue weighted by molar-refractivity contribution is 0.777. The molecule has 0 amide bonds. The second-order valence-electron chi connectivity index (χ2n) is 10.9. The van der Waals surface area contributed by atoms with Crippen molar-refractivity contribution < 1.29 is 0 Å². The molecule has 8 rings (SSSR count). The van der Waals surface area contributed by atoms with Crippen molar-refractivity contribution >= 4 is 27.6 Å². The molecular formula is C40H29N3. The van der Waals surface area contributed by atoms with Gasteiger partial charge in [-0.1, -0.05) is 109 Å². The topological polar surface area (TPSA) is 29.3 Å². The molecule has 7 aromatic rings. The van der Waals surface area contributed by atoms with Crippen LogP contribution >= 0.6 is 0 Å². The largest absolute Gasteiger partial charge is 0.359 e. The van der Waals surface area contributed by atoms with Gasteiger partial charge in [-0.2, -0.15) is 0 Å². The van der Waals surface area contributed by atoms with E-state index in [1.54, 1.807) is 0 Å². The monoisotopic (exact) mass is 551 g/mol. The molecule has 0 aliphatic carbocycles. The molecule has 1 aromatic heterocycles. The van der Waals surface area contributed by atoms with Crippen molar-refractivity contribution in [3.63, 3.8) is 0 Å². The Morgan fingerprint density at radius 2 is 1.05 bits per heavy atom. The van der Waals surface area contributed by atoms with Gasteiger partial charge in [0.2, 0.25) is 0 Å². The molecule has 0 saturated heterocycles. The summed E-state index contributed by atoms with van der Waals surface area (Å²) in [6.07, 6.45) is 4.03. The third-order valence-corrected chi connectivity index (χ3v) is 8.32. The van der Waals surface area contributed by atoms with E-state index in [4.69, 9.17) is 4.99 Å². The molecule has 1 aliphatic rings. The van der Waals surface area contributed by atoms with Gasteiger partial charge in [0.05, 0.1) is 17.1 Å². The van der Waals surface area contributed by atoms with Crippen molar-refractivity contribution in [2.45, 2.75) is 6.04 Å². The summed E-state index contributed by atoms with van der Waals surface area (Å²) in [5.74, 6) is 0.874. The number of rotatable bonds is 5. The standard InChI is InChI=1S/C40H29N3/c1-2-9-28(10-3-1)29-17-19-30(20-18-29)32-11-8-12-33(27-32)37-25-26-41-40(42-37)31-21-23-34(24-22-31)43-38-15-6-4-13-35(38)36-14-5-7-16-39(36)43/h1-27,37H,(H,41,42).